The Morgan fingerprint density at radius 1 is 1.12 bits per heavy atom. The van der Waals surface area contributed by atoms with Crippen LogP contribution in [0.15, 0.2) is 48.5 Å². The number of H-pyrrole nitrogens is 1. The van der Waals surface area contributed by atoms with Crippen molar-refractivity contribution in [3.05, 3.63) is 71.2 Å². The minimum absolute atomic E-state index is 0.199. The van der Waals surface area contributed by atoms with Gasteiger partial charge in [-0.2, -0.15) is 19.1 Å². The lowest BCUT2D eigenvalue weighted by Gasteiger charge is -2.13. The highest BCUT2D eigenvalue weighted by molar-refractivity contribution is 5.82. The molecule has 2 aromatic heterocycles. The third kappa shape index (κ3) is 2.65. The lowest BCUT2D eigenvalue weighted by molar-refractivity contribution is 0.0330. The van der Waals surface area contributed by atoms with E-state index < -0.39 is 11.7 Å². The van der Waals surface area contributed by atoms with Crippen molar-refractivity contribution in [1.82, 2.24) is 30.4 Å². The molecule has 0 amide bonds. The number of hydrogen-bond donors (Lipinski definition) is 1. The molecule has 0 unspecified atom stereocenters. The van der Waals surface area contributed by atoms with Crippen molar-refractivity contribution in [2.45, 2.75) is 19.4 Å². The Hall–Kier alpha value is -3.16. The highest BCUT2D eigenvalue weighted by Gasteiger charge is 2.39. The van der Waals surface area contributed by atoms with E-state index in [4.69, 9.17) is 0 Å². The minimum Gasteiger partial charge on any atom is -0.260 e. The Balaban J connectivity index is 1.81. The summed E-state index contributed by atoms with van der Waals surface area (Å²) in [6, 6.07) is 14.2. The van der Waals surface area contributed by atoms with Crippen LogP contribution in [0, 0.1) is 6.92 Å². The first kappa shape index (κ1) is 15.4. The van der Waals surface area contributed by atoms with Gasteiger partial charge in [0.15, 0.2) is 0 Å². The molecule has 25 heavy (non-hydrogen) atoms. The van der Waals surface area contributed by atoms with Crippen LogP contribution in [0.4, 0.5) is 8.78 Å². The molecule has 0 radical (unpaired) electrons. The molecular weight excluding hydrogens is 326 g/mol. The Labute approximate surface area is 141 Å². The van der Waals surface area contributed by atoms with Crippen molar-refractivity contribution in [2.24, 2.45) is 0 Å². The number of benzene rings is 2. The van der Waals surface area contributed by atoms with Gasteiger partial charge in [0.05, 0.1) is 17.8 Å². The molecule has 0 aliphatic carbocycles. The number of tetrazole rings is 1. The Morgan fingerprint density at radius 2 is 1.92 bits per heavy atom. The van der Waals surface area contributed by atoms with Crippen molar-refractivity contribution >= 4 is 10.9 Å². The molecule has 8 heteroatoms. The van der Waals surface area contributed by atoms with Crippen LogP contribution >= 0.6 is 0 Å². The molecule has 6 nitrogen and oxygen atoms in total. The molecule has 0 fully saturated rings. The van der Waals surface area contributed by atoms with Crippen LogP contribution in [0.3, 0.4) is 0 Å². The maximum absolute atomic E-state index is 14.6. The normalized spacial score (nSPS) is 12.0. The number of aromatic amines is 1. The van der Waals surface area contributed by atoms with Gasteiger partial charge in [-0.05, 0) is 23.8 Å². The number of rotatable bonds is 4. The summed E-state index contributed by atoms with van der Waals surface area (Å²) in [5.41, 5.74) is 2.28. The van der Waals surface area contributed by atoms with Crippen LogP contribution in [0.2, 0.25) is 0 Å². The Morgan fingerprint density at radius 3 is 2.64 bits per heavy atom. The fourth-order valence-electron chi connectivity index (χ4n) is 2.84. The predicted molar refractivity (Wildman–Crippen MR) is 87.2 cm³/mol. The van der Waals surface area contributed by atoms with E-state index in [1.54, 1.807) is 10.7 Å². The second-order valence-corrected chi connectivity index (χ2v) is 5.77. The number of nitrogens with one attached hydrogen (secondary N) is 1. The smallest absolute Gasteiger partial charge is 0.260 e. The van der Waals surface area contributed by atoms with Crippen LogP contribution in [0.1, 0.15) is 22.6 Å². The third-order valence-electron chi connectivity index (χ3n) is 4.10. The van der Waals surface area contributed by atoms with Gasteiger partial charge in [-0.1, -0.05) is 42.5 Å². The monoisotopic (exact) mass is 340 g/mol. The number of nitrogens with zero attached hydrogens (tertiary/aromatic N) is 5. The van der Waals surface area contributed by atoms with Gasteiger partial charge < -0.3 is 0 Å². The van der Waals surface area contributed by atoms with Gasteiger partial charge in [0.2, 0.25) is 5.82 Å². The Bertz CT molecular complexity index is 1010. The minimum atomic E-state index is -3.34. The van der Waals surface area contributed by atoms with Crippen molar-refractivity contribution < 1.29 is 8.78 Å². The molecule has 0 aliphatic heterocycles. The van der Waals surface area contributed by atoms with Crippen LogP contribution in [0.25, 0.3) is 10.9 Å². The lowest BCUT2D eigenvalue weighted by Crippen LogP contribution is -2.17. The van der Waals surface area contributed by atoms with Crippen molar-refractivity contribution in [3.63, 3.8) is 0 Å². The molecule has 2 aromatic carbocycles. The molecular formula is C17H14F2N6. The zero-order valence-electron chi connectivity index (χ0n) is 13.3. The molecule has 1 N–H and O–H groups in total. The number of hydrogen-bond acceptors (Lipinski definition) is 4. The molecule has 0 saturated carbocycles. The highest BCUT2D eigenvalue weighted by atomic mass is 19.3. The fourth-order valence-corrected chi connectivity index (χ4v) is 2.84. The molecule has 0 spiro atoms. The number of halogens is 2. The standard InChI is InChI=1S/C17H14F2N6/c1-11-14-8-7-13(17(18,19)16-20-23-24-21-16)9-15(14)25(22-11)10-12-5-3-2-4-6-12/h2-9H,10H2,1H3,(H,20,21,23,24). The topological polar surface area (TPSA) is 72.3 Å². The molecule has 0 bridgehead atoms. The van der Waals surface area contributed by atoms with Crippen LogP contribution in [0.5, 0.6) is 0 Å². The first-order valence-electron chi connectivity index (χ1n) is 7.69. The highest BCUT2D eigenvalue weighted by Crippen LogP contribution is 2.35. The molecule has 0 saturated heterocycles. The van der Waals surface area contributed by atoms with E-state index in [0.29, 0.717) is 12.1 Å². The van der Waals surface area contributed by atoms with E-state index in [-0.39, 0.29) is 5.56 Å². The van der Waals surface area contributed by atoms with Crippen molar-refractivity contribution in [2.75, 3.05) is 0 Å². The van der Waals surface area contributed by atoms with Crippen LogP contribution in [-0.4, -0.2) is 30.4 Å². The quantitative estimate of drug-likeness (QED) is 0.620. The SMILES string of the molecule is Cc1nn(Cc2ccccc2)c2cc(C(F)(F)c3nn[nH]n3)ccc12. The van der Waals surface area contributed by atoms with Gasteiger partial charge in [-0.25, -0.2) is 0 Å². The third-order valence-corrected chi connectivity index (χ3v) is 4.10. The lowest BCUT2D eigenvalue weighted by atomic mass is 10.1. The summed E-state index contributed by atoms with van der Waals surface area (Å²) in [6.07, 6.45) is 0. The number of aryl methyl sites for hydroxylation is 1. The largest absolute Gasteiger partial charge is 0.335 e. The summed E-state index contributed by atoms with van der Waals surface area (Å²) < 4.78 is 30.9. The molecule has 0 aliphatic rings. The summed E-state index contributed by atoms with van der Waals surface area (Å²) >= 11 is 0. The first-order valence-corrected chi connectivity index (χ1v) is 7.69. The van der Waals surface area contributed by atoms with Crippen LogP contribution in [-0.2, 0) is 12.5 Å². The van der Waals surface area contributed by atoms with Gasteiger partial charge >= 0.3 is 5.92 Å². The van der Waals surface area contributed by atoms with E-state index >= 15 is 0 Å². The van der Waals surface area contributed by atoms with Crippen molar-refractivity contribution in [1.29, 1.82) is 0 Å². The van der Waals surface area contributed by atoms with Gasteiger partial charge in [0.25, 0.3) is 0 Å². The maximum atomic E-state index is 14.6. The molecule has 0 atom stereocenters. The zero-order chi connectivity index (χ0) is 17.4. The summed E-state index contributed by atoms with van der Waals surface area (Å²) in [5.74, 6) is -3.99. The second kappa shape index (κ2) is 5.73. The van der Waals surface area contributed by atoms with E-state index in [0.717, 1.165) is 16.6 Å². The molecule has 126 valence electrons. The van der Waals surface area contributed by atoms with E-state index in [2.05, 4.69) is 25.7 Å². The summed E-state index contributed by atoms with van der Waals surface area (Å²) in [6.45, 7) is 2.36. The summed E-state index contributed by atoms with van der Waals surface area (Å²) in [5, 5.41) is 17.5. The van der Waals surface area contributed by atoms with Gasteiger partial charge in [0, 0.05) is 10.9 Å². The average molecular weight is 340 g/mol. The zero-order valence-corrected chi connectivity index (χ0v) is 13.3. The number of aromatic nitrogens is 6. The van der Waals surface area contributed by atoms with E-state index in [1.807, 2.05) is 37.3 Å². The van der Waals surface area contributed by atoms with Crippen molar-refractivity contribution in [3.8, 4) is 0 Å². The van der Waals surface area contributed by atoms with Crippen LogP contribution < -0.4 is 0 Å². The maximum Gasteiger partial charge on any atom is 0.335 e. The van der Waals surface area contributed by atoms with Gasteiger partial charge in [0.1, 0.15) is 0 Å². The number of fused-ring (bicyclic) bond motifs is 1. The molecule has 4 rings (SSSR count). The van der Waals surface area contributed by atoms with E-state index in [1.165, 1.54) is 12.1 Å². The first-order chi connectivity index (χ1) is 12.1. The average Bonchev–Trinajstić information content (AvgIpc) is 3.25. The number of alkyl halides is 2. The second-order valence-electron chi connectivity index (χ2n) is 5.77. The fraction of sp³-hybridized carbons (Fsp3) is 0.176. The predicted octanol–water partition coefficient (Wildman–Crippen LogP) is 3.05. The summed E-state index contributed by atoms with van der Waals surface area (Å²) in [4.78, 5) is 0. The molecule has 2 heterocycles. The molecule has 4 aromatic rings. The summed E-state index contributed by atoms with van der Waals surface area (Å²) in [7, 11) is 0. The Kier molecular flexibility index (Phi) is 3.52. The van der Waals surface area contributed by atoms with E-state index in [9.17, 15) is 8.78 Å². The van der Waals surface area contributed by atoms with Gasteiger partial charge in [-0.15, -0.1) is 10.2 Å². The van der Waals surface area contributed by atoms with Gasteiger partial charge in [-0.3, -0.25) is 4.68 Å².